The fourth-order valence-corrected chi connectivity index (χ4v) is 1.93. The van der Waals surface area contributed by atoms with Gasteiger partial charge in [0.25, 0.3) is 0 Å². The Balaban J connectivity index is 2.15. The van der Waals surface area contributed by atoms with Crippen molar-refractivity contribution >= 4 is 5.78 Å². The number of hydrogen-bond acceptors (Lipinski definition) is 3. The molecule has 0 atom stereocenters. The fraction of sp³-hybridized carbons (Fsp3) is 0.235. The van der Waals surface area contributed by atoms with Gasteiger partial charge in [0, 0.05) is 23.0 Å². The van der Waals surface area contributed by atoms with Crippen LogP contribution in [-0.2, 0) is 6.42 Å². The van der Waals surface area contributed by atoms with Crippen LogP contribution in [0.3, 0.4) is 0 Å². The second-order valence-electron chi connectivity index (χ2n) is 4.98. The van der Waals surface area contributed by atoms with E-state index in [1.807, 2.05) is 12.1 Å². The van der Waals surface area contributed by atoms with Crippen LogP contribution >= 0.6 is 0 Å². The van der Waals surface area contributed by atoms with Crippen molar-refractivity contribution in [3.63, 3.8) is 0 Å². The molecule has 20 heavy (non-hydrogen) atoms. The zero-order valence-electron chi connectivity index (χ0n) is 12.0. The zero-order valence-corrected chi connectivity index (χ0v) is 12.0. The number of pyridine rings is 1. The molecule has 0 saturated carbocycles. The highest BCUT2D eigenvalue weighted by atomic mass is 16.5. The first kappa shape index (κ1) is 14.3. The van der Waals surface area contributed by atoms with Crippen molar-refractivity contribution in [2.45, 2.75) is 20.3 Å². The standard InChI is InChI=1S/C17H18NO2/c1-12(2)10-15-7-4-14(11-18-15)17(19)13-5-8-16(20-3)9-6-13/h4-9,11H,10H2,1-3H3. The second-order valence-corrected chi connectivity index (χ2v) is 4.98. The largest absolute Gasteiger partial charge is 0.497 e. The summed E-state index contributed by atoms with van der Waals surface area (Å²) < 4.78 is 5.08. The van der Waals surface area contributed by atoms with Crippen LogP contribution in [0, 0.1) is 5.92 Å². The van der Waals surface area contributed by atoms with Crippen LogP contribution in [0.15, 0.2) is 42.6 Å². The Hall–Kier alpha value is -2.16. The van der Waals surface area contributed by atoms with Crippen LogP contribution in [0.2, 0.25) is 0 Å². The van der Waals surface area contributed by atoms with E-state index in [4.69, 9.17) is 4.74 Å². The van der Waals surface area contributed by atoms with Gasteiger partial charge in [0.05, 0.1) is 7.11 Å². The van der Waals surface area contributed by atoms with E-state index in [0.717, 1.165) is 17.9 Å². The van der Waals surface area contributed by atoms with E-state index in [0.29, 0.717) is 11.1 Å². The molecular weight excluding hydrogens is 250 g/mol. The molecule has 2 rings (SSSR count). The normalized spacial score (nSPS) is 10.6. The van der Waals surface area contributed by atoms with Crippen molar-refractivity contribution in [2.75, 3.05) is 7.11 Å². The summed E-state index contributed by atoms with van der Waals surface area (Å²) in [5.74, 6) is 2.01. The van der Waals surface area contributed by atoms with Crippen molar-refractivity contribution in [1.29, 1.82) is 0 Å². The highest BCUT2D eigenvalue weighted by molar-refractivity contribution is 6.08. The van der Waals surface area contributed by atoms with Crippen molar-refractivity contribution in [3.8, 4) is 5.75 Å². The Morgan fingerprint density at radius 1 is 1.05 bits per heavy atom. The first-order chi connectivity index (χ1) is 9.60. The maximum Gasteiger partial charge on any atom is 0.194 e. The van der Waals surface area contributed by atoms with Crippen LogP contribution < -0.4 is 4.74 Å². The monoisotopic (exact) mass is 268 g/mol. The average molecular weight is 268 g/mol. The number of aromatic nitrogens is 1. The third kappa shape index (κ3) is 3.44. The van der Waals surface area contributed by atoms with E-state index < -0.39 is 0 Å². The number of benzene rings is 1. The van der Waals surface area contributed by atoms with Gasteiger partial charge in [-0.15, -0.1) is 0 Å². The molecule has 0 amide bonds. The van der Waals surface area contributed by atoms with Gasteiger partial charge in [-0.3, -0.25) is 9.78 Å². The lowest BCUT2D eigenvalue weighted by Crippen LogP contribution is -2.03. The molecular formula is C17H18NO2. The van der Waals surface area contributed by atoms with Crippen LogP contribution in [0.5, 0.6) is 5.75 Å². The highest BCUT2D eigenvalue weighted by Crippen LogP contribution is 2.15. The van der Waals surface area contributed by atoms with E-state index in [1.54, 1.807) is 37.6 Å². The molecule has 2 aromatic rings. The van der Waals surface area contributed by atoms with Crippen molar-refractivity contribution in [2.24, 2.45) is 0 Å². The number of nitrogens with zero attached hydrogens (tertiary/aromatic N) is 1. The van der Waals surface area contributed by atoms with Gasteiger partial charge >= 0.3 is 0 Å². The minimum atomic E-state index is -0.0242. The molecule has 0 N–H and O–H groups in total. The first-order valence-electron chi connectivity index (χ1n) is 6.53. The summed E-state index contributed by atoms with van der Waals surface area (Å²) >= 11 is 0. The summed E-state index contributed by atoms with van der Waals surface area (Å²) in [6.45, 7) is 4.14. The molecule has 0 aliphatic heterocycles. The van der Waals surface area contributed by atoms with Gasteiger partial charge in [-0.2, -0.15) is 0 Å². The van der Waals surface area contributed by atoms with Crippen molar-refractivity contribution < 1.29 is 9.53 Å². The highest BCUT2D eigenvalue weighted by Gasteiger charge is 2.10. The van der Waals surface area contributed by atoms with Crippen molar-refractivity contribution in [1.82, 2.24) is 4.98 Å². The minimum Gasteiger partial charge on any atom is -0.497 e. The minimum absolute atomic E-state index is 0.0242. The molecule has 0 unspecified atom stereocenters. The molecule has 3 heteroatoms. The summed E-state index contributed by atoms with van der Waals surface area (Å²) in [4.78, 5) is 16.6. The smallest absolute Gasteiger partial charge is 0.194 e. The third-order valence-corrected chi connectivity index (χ3v) is 2.97. The third-order valence-electron chi connectivity index (χ3n) is 2.97. The van der Waals surface area contributed by atoms with Gasteiger partial charge < -0.3 is 4.74 Å². The molecule has 1 aromatic carbocycles. The molecule has 0 bridgehead atoms. The van der Waals surface area contributed by atoms with E-state index in [1.165, 1.54) is 5.92 Å². The molecule has 0 aliphatic carbocycles. The number of carbonyl (C=O) groups excluding carboxylic acids is 1. The van der Waals surface area contributed by atoms with Gasteiger partial charge in [-0.05, 0) is 48.7 Å². The number of rotatable bonds is 5. The van der Waals surface area contributed by atoms with E-state index in [2.05, 4.69) is 18.8 Å². The summed E-state index contributed by atoms with van der Waals surface area (Å²) in [7, 11) is 1.60. The molecule has 0 saturated heterocycles. The molecule has 0 spiro atoms. The summed E-state index contributed by atoms with van der Waals surface area (Å²) in [5, 5.41) is 0. The molecule has 3 nitrogen and oxygen atoms in total. The zero-order chi connectivity index (χ0) is 14.5. The van der Waals surface area contributed by atoms with Gasteiger partial charge in [0.2, 0.25) is 0 Å². The Bertz CT molecular complexity index is 571. The number of ether oxygens (including phenoxy) is 1. The lowest BCUT2D eigenvalue weighted by molar-refractivity contribution is 0.103. The van der Waals surface area contributed by atoms with Crippen LogP contribution in [0.25, 0.3) is 0 Å². The maximum atomic E-state index is 12.3. The Labute approximate surface area is 119 Å². The van der Waals surface area contributed by atoms with E-state index in [9.17, 15) is 4.79 Å². The summed E-state index contributed by atoms with van der Waals surface area (Å²) in [5.41, 5.74) is 2.22. The lowest BCUT2D eigenvalue weighted by atomic mass is 10.0. The van der Waals surface area contributed by atoms with Crippen LogP contribution in [0.4, 0.5) is 0 Å². The Morgan fingerprint density at radius 2 is 1.70 bits per heavy atom. The number of methoxy groups -OCH3 is 1. The lowest BCUT2D eigenvalue weighted by Gasteiger charge is -2.05. The van der Waals surface area contributed by atoms with Gasteiger partial charge in [-0.25, -0.2) is 0 Å². The Kier molecular flexibility index (Phi) is 4.51. The van der Waals surface area contributed by atoms with Crippen LogP contribution in [-0.4, -0.2) is 17.9 Å². The van der Waals surface area contributed by atoms with E-state index >= 15 is 0 Å². The van der Waals surface area contributed by atoms with Gasteiger partial charge in [-0.1, -0.05) is 13.8 Å². The molecule has 0 aliphatic rings. The van der Waals surface area contributed by atoms with Crippen LogP contribution in [0.1, 0.15) is 35.5 Å². The quantitative estimate of drug-likeness (QED) is 0.779. The number of carbonyl (C=O) groups is 1. The predicted molar refractivity (Wildman–Crippen MR) is 79.0 cm³/mol. The fourth-order valence-electron chi connectivity index (χ4n) is 1.93. The van der Waals surface area contributed by atoms with E-state index in [-0.39, 0.29) is 5.78 Å². The van der Waals surface area contributed by atoms with Gasteiger partial charge in [0.15, 0.2) is 5.78 Å². The molecule has 1 heterocycles. The number of ketones is 1. The summed E-state index contributed by atoms with van der Waals surface area (Å²) in [6.07, 6.45) is 2.49. The molecule has 1 aromatic heterocycles. The molecule has 103 valence electrons. The van der Waals surface area contributed by atoms with Gasteiger partial charge in [0.1, 0.15) is 5.75 Å². The van der Waals surface area contributed by atoms with Crippen molar-refractivity contribution in [3.05, 3.63) is 65.3 Å². The maximum absolute atomic E-state index is 12.3. The summed E-state index contributed by atoms with van der Waals surface area (Å²) in [6, 6.07) is 10.8. The molecule has 1 radical (unpaired) electrons. The topological polar surface area (TPSA) is 39.2 Å². The SMILES string of the molecule is COc1ccc(C(=O)c2ccc(C[C](C)C)nc2)cc1. The Morgan fingerprint density at radius 3 is 2.20 bits per heavy atom. The first-order valence-corrected chi connectivity index (χ1v) is 6.53. The average Bonchev–Trinajstić information content (AvgIpc) is 2.47. The predicted octanol–water partition coefficient (Wildman–Crippen LogP) is 3.48. The molecule has 0 fully saturated rings. The second kappa shape index (κ2) is 6.33. The number of hydrogen-bond donors (Lipinski definition) is 0.